The number of primary amides is 1. The van der Waals surface area contributed by atoms with Gasteiger partial charge in [-0.3, -0.25) is 4.79 Å². The quantitative estimate of drug-likeness (QED) is 0.471. The second kappa shape index (κ2) is 8.24. The Bertz CT molecular complexity index is 902. The standard InChI is InChI=1S/C21H30N6O2/c1-4-16-19(24-13-7-9-21(3,29)10-8-13)27-20(17(26-16)18(23)28)25-14-6-5-12(2)15(22)11-14/h5-6,11,13,29H,4,7-10,22H2,1-3H3,(H2,23,28)(H2,24,25,27)/t13-,21+. The smallest absolute Gasteiger partial charge is 0.271 e. The molecule has 0 atom stereocenters. The van der Waals surface area contributed by atoms with Crippen LogP contribution in [0.4, 0.5) is 23.0 Å². The van der Waals surface area contributed by atoms with Crippen molar-refractivity contribution < 1.29 is 9.90 Å². The summed E-state index contributed by atoms with van der Waals surface area (Å²) in [6, 6.07) is 5.73. The summed E-state index contributed by atoms with van der Waals surface area (Å²) in [5, 5.41) is 16.8. The third-order valence-electron chi connectivity index (χ3n) is 5.48. The molecule has 29 heavy (non-hydrogen) atoms. The molecule has 156 valence electrons. The molecular formula is C21H30N6O2. The van der Waals surface area contributed by atoms with Crippen molar-refractivity contribution in [3.8, 4) is 0 Å². The molecule has 7 N–H and O–H groups in total. The Kier molecular flexibility index (Phi) is 5.93. The number of hydrogen-bond acceptors (Lipinski definition) is 7. The van der Waals surface area contributed by atoms with Gasteiger partial charge in [-0.2, -0.15) is 0 Å². The zero-order valence-electron chi connectivity index (χ0n) is 17.2. The van der Waals surface area contributed by atoms with E-state index >= 15 is 0 Å². The molecule has 1 saturated carbocycles. The molecule has 3 rings (SSSR count). The molecule has 1 aliphatic rings. The number of hydrogen-bond donors (Lipinski definition) is 5. The summed E-state index contributed by atoms with van der Waals surface area (Å²) in [5.41, 5.74) is 14.0. The summed E-state index contributed by atoms with van der Waals surface area (Å²) in [4.78, 5) is 21.1. The number of carbonyl (C=O) groups is 1. The Morgan fingerprint density at radius 2 is 1.97 bits per heavy atom. The van der Waals surface area contributed by atoms with Gasteiger partial charge in [0.1, 0.15) is 5.82 Å². The van der Waals surface area contributed by atoms with Gasteiger partial charge in [-0.05, 0) is 63.6 Å². The summed E-state index contributed by atoms with van der Waals surface area (Å²) >= 11 is 0. The summed E-state index contributed by atoms with van der Waals surface area (Å²) in [6.45, 7) is 5.75. The number of aliphatic hydroxyl groups is 1. The lowest BCUT2D eigenvalue weighted by atomic mass is 9.83. The summed E-state index contributed by atoms with van der Waals surface area (Å²) in [6.07, 6.45) is 3.75. The van der Waals surface area contributed by atoms with Crippen LogP contribution >= 0.6 is 0 Å². The lowest BCUT2D eigenvalue weighted by molar-refractivity contribution is 0.0196. The second-order valence-corrected chi connectivity index (χ2v) is 8.05. The maximum atomic E-state index is 12.0. The lowest BCUT2D eigenvalue weighted by Gasteiger charge is -2.34. The van der Waals surface area contributed by atoms with Gasteiger partial charge in [0.15, 0.2) is 11.5 Å². The van der Waals surface area contributed by atoms with E-state index in [9.17, 15) is 9.90 Å². The Morgan fingerprint density at radius 3 is 2.55 bits per heavy atom. The second-order valence-electron chi connectivity index (χ2n) is 8.05. The van der Waals surface area contributed by atoms with Crippen molar-refractivity contribution in [3.05, 3.63) is 35.2 Å². The molecular weight excluding hydrogens is 368 g/mol. The first-order chi connectivity index (χ1) is 13.7. The van der Waals surface area contributed by atoms with Crippen molar-refractivity contribution in [1.82, 2.24) is 9.97 Å². The number of aromatic nitrogens is 2. The van der Waals surface area contributed by atoms with Crippen molar-refractivity contribution in [1.29, 1.82) is 0 Å². The van der Waals surface area contributed by atoms with Crippen LogP contribution in [0, 0.1) is 6.92 Å². The van der Waals surface area contributed by atoms with E-state index in [4.69, 9.17) is 11.5 Å². The predicted octanol–water partition coefficient (Wildman–Crippen LogP) is 2.88. The fraction of sp³-hybridized carbons (Fsp3) is 0.476. The van der Waals surface area contributed by atoms with Crippen LogP contribution in [0.15, 0.2) is 18.2 Å². The maximum absolute atomic E-state index is 12.0. The number of nitrogen functional groups attached to an aromatic ring is 1. The molecule has 1 heterocycles. The van der Waals surface area contributed by atoms with Crippen LogP contribution in [0.25, 0.3) is 0 Å². The number of nitrogens with one attached hydrogen (secondary N) is 2. The minimum absolute atomic E-state index is 0.0955. The van der Waals surface area contributed by atoms with Gasteiger partial charge in [-0.15, -0.1) is 0 Å². The van der Waals surface area contributed by atoms with Gasteiger partial charge >= 0.3 is 0 Å². The fourth-order valence-corrected chi connectivity index (χ4v) is 3.52. The van der Waals surface area contributed by atoms with E-state index in [-0.39, 0.29) is 11.7 Å². The number of amides is 1. The Labute approximate surface area is 171 Å². The molecule has 1 aromatic heterocycles. The minimum atomic E-state index is -0.643. The predicted molar refractivity (Wildman–Crippen MR) is 115 cm³/mol. The van der Waals surface area contributed by atoms with Crippen LogP contribution in [0.1, 0.15) is 61.3 Å². The zero-order chi connectivity index (χ0) is 21.2. The van der Waals surface area contributed by atoms with Gasteiger partial charge in [0.2, 0.25) is 0 Å². The van der Waals surface area contributed by atoms with Crippen LogP contribution in [-0.2, 0) is 6.42 Å². The van der Waals surface area contributed by atoms with Crippen molar-refractivity contribution >= 4 is 28.9 Å². The largest absolute Gasteiger partial charge is 0.398 e. The zero-order valence-corrected chi connectivity index (χ0v) is 17.2. The van der Waals surface area contributed by atoms with Gasteiger partial charge in [0.05, 0.1) is 11.3 Å². The number of anilines is 4. The molecule has 0 spiro atoms. The lowest BCUT2D eigenvalue weighted by Crippen LogP contribution is -2.36. The van der Waals surface area contributed by atoms with Gasteiger partial charge in [-0.25, -0.2) is 9.97 Å². The summed E-state index contributed by atoms with van der Waals surface area (Å²) in [7, 11) is 0. The number of nitrogens with two attached hydrogens (primary N) is 2. The van der Waals surface area contributed by atoms with E-state index in [0.717, 1.165) is 31.2 Å². The SMILES string of the molecule is CCc1nc(C(N)=O)c(Nc2ccc(C)c(N)c2)nc1N[C@H]1CC[C@@](C)(O)CC1. The Morgan fingerprint density at radius 1 is 1.28 bits per heavy atom. The molecule has 0 unspecified atom stereocenters. The van der Waals surface area contributed by atoms with Crippen molar-refractivity contribution in [2.24, 2.45) is 5.73 Å². The molecule has 1 aromatic carbocycles. The molecule has 8 nitrogen and oxygen atoms in total. The average molecular weight is 399 g/mol. The summed E-state index contributed by atoms with van der Waals surface area (Å²) < 4.78 is 0. The van der Waals surface area contributed by atoms with Gasteiger partial charge in [0.25, 0.3) is 5.91 Å². The van der Waals surface area contributed by atoms with E-state index in [1.54, 1.807) is 6.07 Å². The van der Waals surface area contributed by atoms with Crippen molar-refractivity contribution in [2.45, 2.75) is 64.5 Å². The highest BCUT2D eigenvalue weighted by Gasteiger charge is 2.29. The highest BCUT2D eigenvalue weighted by atomic mass is 16.3. The third kappa shape index (κ3) is 4.95. The molecule has 0 bridgehead atoms. The van der Waals surface area contributed by atoms with Gasteiger partial charge < -0.3 is 27.2 Å². The van der Waals surface area contributed by atoms with E-state index in [1.165, 1.54) is 0 Å². The molecule has 0 saturated heterocycles. The minimum Gasteiger partial charge on any atom is -0.398 e. The number of nitrogens with zero attached hydrogens (tertiary/aromatic N) is 2. The van der Waals surface area contributed by atoms with E-state index in [0.29, 0.717) is 35.1 Å². The van der Waals surface area contributed by atoms with Crippen LogP contribution in [0.3, 0.4) is 0 Å². The normalized spacial score (nSPS) is 21.6. The Hall–Kier alpha value is -2.87. The first-order valence-corrected chi connectivity index (χ1v) is 10.0. The number of rotatable bonds is 6. The van der Waals surface area contributed by atoms with Gasteiger partial charge in [-0.1, -0.05) is 13.0 Å². The number of benzene rings is 1. The average Bonchev–Trinajstić information content (AvgIpc) is 2.66. The molecule has 0 radical (unpaired) electrons. The number of aryl methyl sites for hydroxylation is 2. The van der Waals surface area contributed by atoms with E-state index in [2.05, 4.69) is 20.6 Å². The summed E-state index contributed by atoms with van der Waals surface area (Å²) in [5.74, 6) is 0.282. The highest BCUT2D eigenvalue weighted by Crippen LogP contribution is 2.31. The molecule has 1 aliphatic carbocycles. The third-order valence-corrected chi connectivity index (χ3v) is 5.48. The van der Waals surface area contributed by atoms with Crippen LogP contribution in [0.2, 0.25) is 0 Å². The van der Waals surface area contributed by atoms with E-state index < -0.39 is 11.5 Å². The molecule has 2 aromatic rings. The fourth-order valence-electron chi connectivity index (χ4n) is 3.52. The first kappa shape index (κ1) is 20.9. The Balaban J connectivity index is 1.91. The van der Waals surface area contributed by atoms with Crippen LogP contribution in [-0.4, -0.2) is 32.6 Å². The van der Waals surface area contributed by atoms with Crippen LogP contribution in [0.5, 0.6) is 0 Å². The molecule has 1 fully saturated rings. The molecule has 0 aliphatic heterocycles. The monoisotopic (exact) mass is 398 g/mol. The number of carbonyl (C=O) groups excluding carboxylic acids is 1. The first-order valence-electron chi connectivity index (χ1n) is 10.0. The molecule has 1 amide bonds. The van der Waals surface area contributed by atoms with Crippen molar-refractivity contribution in [2.75, 3.05) is 16.4 Å². The van der Waals surface area contributed by atoms with Crippen LogP contribution < -0.4 is 22.1 Å². The highest BCUT2D eigenvalue weighted by molar-refractivity contribution is 5.96. The van der Waals surface area contributed by atoms with E-state index in [1.807, 2.05) is 32.9 Å². The maximum Gasteiger partial charge on any atom is 0.271 e. The van der Waals surface area contributed by atoms with Crippen molar-refractivity contribution in [3.63, 3.8) is 0 Å². The topological polar surface area (TPSA) is 139 Å². The molecule has 8 heteroatoms. The van der Waals surface area contributed by atoms with Gasteiger partial charge in [0, 0.05) is 17.4 Å².